The van der Waals surface area contributed by atoms with Gasteiger partial charge in [0.15, 0.2) is 5.78 Å². The minimum Gasteiger partial charge on any atom is -0.481 e. The molecule has 0 amide bonds. The van der Waals surface area contributed by atoms with Gasteiger partial charge in [-0.25, -0.2) is 0 Å². The molecule has 0 aliphatic carbocycles. The molecule has 118 valence electrons. The average Bonchev–Trinajstić information content (AvgIpc) is 2.64. The molecule has 0 aromatic heterocycles. The number of hydrogen-bond donors (Lipinski definition) is 1. The first-order valence-corrected chi connectivity index (χ1v) is 7.73. The Bertz CT molecular complexity index is 782. The number of hydrogen-bond acceptors (Lipinski definition) is 3. The van der Waals surface area contributed by atoms with Crippen LogP contribution < -0.4 is 4.90 Å². The number of ketones is 1. The number of carboxylic acids is 1. The fraction of sp³-hybridized carbons (Fsp3) is 0.263. The third kappa shape index (κ3) is 2.61. The van der Waals surface area contributed by atoms with E-state index in [0.29, 0.717) is 29.7 Å². The lowest BCUT2D eigenvalue weighted by Crippen LogP contribution is -2.17. The number of rotatable bonds is 3. The number of nitrogens with zero attached hydrogens (tertiary/aromatic N) is 1. The molecule has 1 N–H and O–H groups in total. The summed E-state index contributed by atoms with van der Waals surface area (Å²) < 4.78 is 0. The van der Waals surface area contributed by atoms with Crippen LogP contribution in [0.2, 0.25) is 0 Å². The van der Waals surface area contributed by atoms with Crippen molar-refractivity contribution in [3.8, 4) is 0 Å². The minimum atomic E-state index is -0.859. The molecule has 1 aliphatic heterocycles. The molecule has 23 heavy (non-hydrogen) atoms. The molecule has 2 aromatic carbocycles. The summed E-state index contributed by atoms with van der Waals surface area (Å²) in [5.74, 6) is -1.48. The molecule has 0 bridgehead atoms. The Labute approximate surface area is 135 Å². The van der Waals surface area contributed by atoms with Crippen LogP contribution in [0.5, 0.6) is 0 Å². The summed E-state index contributed by atoms with van der Waals surface area (Å²) in [4.78, 5) is 26.4. The van der Waals surface area contributed by atoms with Gasteiger partial charge in [-0.05, 0) is 29.7 Å². The van der Waals surface area contributed by atoms with E-state index >= 15 is 0 Å². The second-order valence-electron chi connectivity index (χ2n) is 5.92. The van der Waals surface area contributed by atoms with Crippen LogP contribution in [-0.2, 0) is 11.3 Å². The van der Waals surface area contributed by atoms with Crippen molar-refractivity contribution >= 4 is 17.4 Å². The van der Waals surface area contributed by atoms with Gasteiger partial charge in [0.05, 0.1) is 5.92 Å². The number of fused-ring (bicyclic) bond motifs is 2. The van der Waals surface area contributed by atoms with E-state index in [2.05, 4.69) is 0 Å². The Balaban J connectivity index is 2.15. The summed E-state index contributed by atoms with van der Waals surface area (Å²) in [5.41, 5.74) is 3.78. The highest BCUT2D eigenvalue weighted by Gasteiger charge is 2.26. The quantitative estimate of drug-likeness (QED) is 0.943. The molecule has 0 spiro atoms. The zero-order valence-corrected chi connectivity index (χ0v) is 13.2. The van der Waals surface area contributed by atoms with Gasteiger partial charge in [-0.1, -0.05) is 37.3 Å². The third-order valence-electron chi connectivity index (χ3n) is 4.45. The molecule has 0 saturated heterocycles. The Morgan fingerprint density at radius 3 is 2.65 bits per heavy atom. The van der Waals surface area contributed by atoms with Crippen molar-refractivity contribution in [3.63, 3.8) is 0 Å². The fourth-order valence-corrected chi connectivity index (χ4v) is 3.20. The monoisotopic (exact) mass is 309 g/mol. The van der Waals surface area contributed by atoms with Crippen molar-refractivity contribution in [3.05, 3.63) is 64.7 Å². The number of carboxylic acid groups (broad SMARTS) is 1. The molecule has 0 saturated carbocycles. The van der Waals surface area contributed by atoms with Gasteiger partial charge in [0, 0.05) is 30.4 Å². The van der Waals surface area contributed by atoms with Crippen molar-refractivity contribution in [1.29, 1.82) is 0 Å². The number of carbonyl (C=O) groups is 2. The lowest BCUT2D eigenvalue weighted by molar-refractivity contribution is -0.138. The zero-order valence-electron chi connectivity index (χ0n) is 13.2. The van der Waals surface area contributed by atoms with E-state index in [0.717, 1.165) is 11.3 Å². The molecule has 1 atom stereocenters. The van der Waals surface area contributed by atoms with E-state index in [9.17, 15) is 14.7 Å². The second-order valence-corrected chi connectivity index (χ2v) is 5.92. The predicted molar refractivity (Wildman–Crippen MR) is 89.1 cm³/mol. The maximum atomic E-state index is 12.9. The lowest BCUT2D eigenvalue weighted by atomic mass is 9.92. The third-order valence-corrected chi connectivity index (χ3v) is 4.45. The molecule has 1 unspecified atom stereocenters. The molecule has 4 nitrogen and oxygen atoms in total. The maximum absolute atomic E-state index is 12.9. The summed E-state index contributed by atoms with van der Waals surface area (Å²) in [7, 11) is 1.95. The molecule has 1 heterocycles. The van der Waals surface area contributed by atoms with Gasteiger partial charge in [-0.15, -0.1) is 0 Å². The largest absolute Gasteiger partial charge is 0.481 e. The predicted octanol–water partition coefficient (Wildman–Crippen LogP) is 3.45. The van der Waals surface area contributed by atoms with Crippen LogP contribution in [-0.4, -0.2) is 23.9 Å². The molecular formula is C19H19NO3. The van der Waals surface area contributed by atoms with Crippen molar-refractivity contribution in [2.45, 2.75) is 25.8 Å². The van der Waals surface area contributed by atoms with E-state index < -0.39 is 11.9 Å². The maximum Gasteiger partial charge on any atom is 0.310 e. The summed E-state index contributed by atoms with van der Waals surface area (Å²) in [5, 5.41) is 9.37. The van der Waals surface area contributed by atoms with Gasteiger partial charge >= 0.3 is 5.97 Å². The summed E-state index contributed by atoms with van der Waals surface area (Å²) in [6.45, 7) is 2.50. The van der Waals surface area contributed by atoms with Crippen LogP contribution in [0.3, 0.4) is 0 Å². The lowest BCUT2D eigenvalue weighted by Gasteiger charge is -2.20. The molecular weight excluding hydrogens is 290 g/mol. The highest BCUT2D eigenvalue weighted by atomic mass is 16.4. The number of carbonyl (C=O) groups excluding carboxylic acids is 1. The molecule has 3 rings (SSSR count). The topological polar surface area (TPSA) is 57.6 Å². The summed E-state index contributed by atoms with van der Waals surface area (Å²) >= 11 is 0. The number of anilines is 1. The van der Waals surface area contributed by atoms with E-state index in [1.165, 1.54) is 0 Å². The smallest absolute Gasteiger partial charge is 0.310 e. The number of aliphatic carboxylic acids is 1. The molecule has 1 aliphatic rings. The minimum absolute atomic E-state index is 0.0398. The van der Waals surface area contributed by atoms with Gasteiger partial charge in [-0.2, -0.15) is 0 Å². The summed E-state index contributed by atoms with van der Waals surface area (Å²) in [6, 6.07) is 13.0. The Hall–Kier alpha value is -2.62. The standard InChI is InChI=1S/C19H19NO3/c1-3-14(19(22)23)12-8-9-17-16(10-12)18(21)15-7-5-4-6-13(15)11-20(17)2/h4-10,14H,3,11H2,1-2H3,(H,22,23). The van der Waals surface area contributed by atoms with Gasteiger partial charge in [0.25, 0.3) is 0 Å². The first kappa shape index (κ1) is 15.3. The van der Waals surface area contributed by atoms with E-state index in [-0.39, 0.29) is 5.78 Å². The average molecular weight is 309 g/mol. The van der Waals surface area contributed by atoms with Gasteiger partial charge < -0.3 is 10.0 Å². The van der Waals surface area contributed by atoms with Crippen LogP contribution >= 0.6 is 0 Å². The van der Waals surface area contributed by atoms with Gasteiger partial charge in [0.1, 0.15) is 0 Å². The van der Waals surface area contributed by atoms with Crippen LogP contribution in [0.25, 0.3) is 0 Å². The van der Waals surface area contributed by atoms with Gasteiger partial charge in [0.2, 0.25) is 0 Å². The van der Waals surface area contributed by atoms with E-state index in [4.69, 9.17) is 0 Å². The van der Waals surface area contributed by atoms with E-state index in [1.54, 1.807) is 6.07 Å². The van der Waals surface area contributed by atoms with Crippen molar-refractivity contribution < 1.29 is 14.7 Å². The zero-order chi connectivity index (χ0) is 16.6. The molecule has 0 radical (unpaired) electrons. The first-order valence-electron chi connectivity index (χ1n) is 7.73. The van der Waals surface area contributed by atoms with Crippen molar-refractivity contribution in [2.24, 2.45) is 0 Å². The molecule has 0 fully saturated rings. The highest BCUT2D eigenvalue weighted by molar-refractivity contribution is 6.14. The van der Waals surface area contributed by atoms with Crippen LogP contribution in [0.1, 0.15) is 46.3 Å². The van der Waals surface area contributed by atoms with E-state index in [1.807, 2.05) is 55.3 Å². The van der Waals surface area contributed by atoms with Crippen LogP contribution in [0, 0.1) is 0 Å². The van der Waals surface area contributed by atoms with Crippen LogP contribution in [0.4, 0.5) is 5.69 Å². The number of benzene rings is 2. The highest BCUT2D eigenvalue weighted by Crippen LogP contribution is 2.32. The Morgan fingerprint density at radius 2 is 1.96 bits per heavy atom. The van der Waals surface area contributed by atoms with Gasteiger partial charge in [-0.3, -0.25) is 9.59 Å². The van der Waals surface area contributed by atoms with Crippen molar-refractivity contribution in [1.82, 2.24) is 0 Å². The Kier molecular flexibility index (Phi) is 3.90. The van der Waals surface area contributed by atoms with Crippen LogP contribution in [0.15, 0.2) is 42.5 Å². The first-order chi connectivity index (χ1) is 11.0. The summed E-state index contributed by atoms with van der Waals surface area (Å²) in [6.07, 6.45) is 0.495. The molecule has 4 heteroatoms. The SMILES string of the molecule is CCC(C(=O)O)c1ccc2c(c1)C(=O)c1ccccc1CN2C. The second kappa shape index (κ2) is 5.88. The fourth-order valence-electron chi connectivity index (χ4n) is 3.20. The van der Waals surface area contributed by atoms with Crippen molar-refractivity contribution in [2.75, 3.05) is 11.9 Å². The normalized spacial score (nSPS) is 14.7. The molecule has 2 aromatic rings. The Morgan fingerprint density at radius 1 is 1.22 bits per heavy atom.